The molecule has 0 radical (unpaired) electrons. The van der Waals surface area contributed by atoms with E-state index in [1.807, 2.05) is 0 Å². The number of benzene rings is 1. The Labute approximate surface area is 112 Å². The summed E-state index contributed by atoms with van der Waals surface area (Å²) in [5.41, 5.74) is 4.49. The molecule has 0 saturated heterocycles. The third kappa shape index (κ3) is 2.69. The van der Waals surface area contributed by atoms with Gasteiger partial charge in [-0.15, -0.1) is 0 Å². The third-order valence-electron chi connectivity index (χ3n) is 2.39. The number of nitrogens with two attached hydrogens (primary N) is 1. The molecule has 1 aromatic carbocycles. The lowest BCUT2D eigenvalue weighted by molar-refractivity contribution is -0.385. The maximum atomic E-state index is 11.0. The normalized spacial score (nSPS) is 11.8. The zero-order valence-corrected chi connectivity index (χ0v) is 10.8. The van der Waals surface area contributed by atoms with E-state index in [0.717, 1.165) is 6.07 Å². The van der Waals surface area contributed by atoms with Crippen LogP contribution in [0.4, 0.5) is 5.69 Å². The number of carbonyl (C=O) groups is 1. The monoisotopic (exact) mass is 290 g/mol. The van der Waals surface area contributed by atoms with Gasteiger partial charge in [-0.25, -0.2) is 0 Å². The van der Waals surface area contributed by atoms with Crippen LogP contribution in [0.15, 0.2) is 6.07 Å². The maximum absolute atomic E-state index is 11.0. The van der Waals surface area contributed by atoms with Gasteiger partial charge in [0.25, 0.3) is 5.69 Å². The number of hydrogen-bond donors (Lipinski definition) is 2. The predicted octanol–water partition coefficient (Wildman–Crippen LogP) is 1.35. The standard InChI is InChI=1S/C10H11ClN2O6/c1-18-5-3-4(11)8(13(16)17)6(9(5)19-2)7(12)10(14)15/h3,7H,12H2,1-2H3,(H,14,15)/t7-/m0/s1. The highest BCUT2D eigenvalue weighted by molar-refractivity contribution is 6.33. The smallest absolute Gasteiger partial charge is 0.325 e. The third-order valence-corrected chi connectivity index (χ3v) is 2.68. The molecule has 1 aromatic rings. The zero-order chi connectivity index (χ0) is 14.7. The molecule has 1 atom stereocenters. The summed E-state index contributed by atoms with van der Waals surface area (Å²) in [6, 6.07) is -0.501. The summed E-state index contributed by atoms with van der Waals surface area (Å²) in [4.78, 5) is 21.2. The molecule has 9 heteroatoms. The Morgan fingerprint density at radius 1 is 1.53 bits per heavy atom. The zero-order valence-electron chi connectivity index (χ0n) is 10.0. The topological polar surface area (TPSA) is 125 Å². The van der Waals surface area contributed by atoms with Crippen LogP contribution < -0.4 is 15.2 Å². The van der Waals surface area contributed by atoms with Gasteiger partial charge in [-0.3, -0.25) is 14.9 Å². The van der Waals surface area contributed by atoms with Crippen molar-refractivity contribution in [3.63, 3.8) is 0 Å². The van der Waals surface area contributed by atoms with Gasteiger partial charge in [-0.05, 0) is 0 Å². The summed E-state index contributed by atoms with van der Waals surface area (Å²) < 4.78 is 9.89. The number of carboxylic acids is 1. The summed E-state index contributed by atoms with van der Waals surface area (Å²) in [5.74, 6) is -1.52. The van der Waals surface area contributed by atoms with Gasteiger partial charge in [0.1, 0.15) is 16.6 Å². The van der Waals surface area contributed by atoms with Crippen molar-refractivity contribution >= 4 is 23.3 Å². The number of carboxylic acid groups (broad SMARTS) is 1. The van der Waals surface area contributed by atoms with Crippen molar-refractivity contribution < 1.29 is 24.3 Å². The molecule has 0 bridgehead atoms. The van der Waals surface area contributed by atoms with E-state index in [1.54, 1.807) is 0 Å². The van der Waals surface area contributed by atoms with Crippen LogP contribution in [0, 0.1) is 10.1 Å². The first-order chi connectivity index (χ1) is 8.84. The molecule has 0 fully saturated rings. The minimum atomic E-state index is -1.66. The lowest BCUT2D eigenvalue weighted by Gasteiger charge is -2.16. The largest absolute Gasteiger partial charge is 0.493 e. The van der Waals surface area contributed by atoms with Crippen molar-refractivity contribution in [2.75, 3.05) is 14.2 Å². The summed E-state index contributed by atoms with van der Waals surface area (Å²) in [6.45, 7) is 0. The second-order valence-electron chi connectivity index (χ2n) is 3.43. The summed E-state index contributed by atoms with van der Waals surface area (Å²) in [6.07, 6.45) is 0. The second-order valence-corrected chi connectivity index (χ2v) is 3.84. The molecule has 104 valence electrons. The number of nitro groups is 1. The molecule has 0 saturated carbocycles. The fraction of sp³-hybridized carbons (Fsp3) is 0.300. The Morgan fingerprint density at radius 2 is 2.11 bits per heavy atom. The highest BCUT2D eigenvalue weighted by Gasteiger charge is 2.34. The first-order valence-electron chi connectivity index (χ1n) is 4.92. The van der Waals surface area contributed by atoms with E-state index in [1.165, 1.54) is 14.2 Å². The molecule has 0 aliphatic carbocycles. The van der Waals surface area contributed by atoms with Gasteiger partial charge < -0.3 is 20.3 Å². The molecule has 0 heterocycles. The van der Waals surface area contributed by atoms with E-state index in [4.69, 9.17) is 31.9 Å². The van der Waals surface area contributed by atoms with Gasteiger partial charge in [0.2, 0.25) is 0 Å². The van der Waals surface area contributed by atoms with Crippen LogP contribution in [0.2, 0.25) is 5.02 Å². The van der Waals surface area contributed by atoms with Crippen LogP contribution in [0.5, 0.6) is 11.5 Å². The maximum Gasteiger partial charge on any atom is 0.325 e. The summed E-state index contributed by atoms with van der Waals surface area (Å²) >= 11 is 5.76. The average molecular weight is 291 g/mol. The first kappa shape index (κ1) is 15.0. The number of nitro benzene ring substituents is 1. The molecule has 0 aromatic heterocycles. The first-order valence-corrected chi connectivity index (χ1v) is 5.30. The molecule has 0 aliphatic heterocycles. The highest BCUT2D eigenvalue weighted by Crippen LogP contribution is 2.44. The number of rotatable bonds is 5. The molecule has 3 N–H and O–H groups in total. The number of nitrogens with zero attached hydrogens (tertiary/aromatic N) is 1. The van der Waals surface area contributed by atoms with Crippen LogP contribution in [0.25, 0.3) is 0 Å². The lowest BCUT2D eigenvalue weighted by atomic mass is 10.0. The number of ether oxygens (including phenoxy) is 2. The van der Waals surface area contributed by atoms with Gasteiger partial charge in [0.15, 0.2) is 11.5 Å². The SMILES string of the molecule is COc1cc(Cl)c([N+](=O)[O-])c([C@H](N)C(=O)O)c1OC. The van der Waals surface area contributed by atoms with E-state index in [-0.39, 0.29) is 22.1 Å². The van der Waals surface area contributed by atoms with Crippen molar-refractivity contribution in [2.24, 2.45) is 5.73 Å². The molecule has 0 spiro atoms. The number of halogens is 1. The lowest BCUT2D eigenvalue weighted by Crippen LogP contribution is -2.23. The molecule has 8 nitrogen and oxygen atoms in total. The van der Waals surface area contributed by atoms with E-state index >= 15 is 0 Å². The minimum Gasteiger partial charge on any atom is -0.493 e. The molecule has 1 rings (SSSR count). The Kier molecular flexibility index (Phi) is 4.52. The van der Waals surface area contributed by atoms with Crippen molar-refractivity contribution in [1.29, 1.82) is 0 Å². The number of hydrogen-bond acceptors (Lipinski definition) is 6. The van der Waals surface area contributed by atoms with Crippen LogP contribution in [0.1, 0.15) is 11.6 Å². The van der Waals surface area contributed by atoms with Crippen molar-refractivity contribution in [3.8, 4) is 11.5 Å². The molecule has 19 heavy (non-hydrogen) atoms. The van der Waals surface area contributed by atoms with E-state index < -0.39 is 22.6 Å². The quantitative estimate of drug-likeness (QED) is 0.619. The molecule has 0 unspecified atom stereocenters. The predicted molar refractivity (Wildman–Crippen MR) is 65.8 cm³/mol. The average Bonchev–Trinajstić information content (AvgIpc) is 2.35. The van der Waals surface area contributed by atoms with E-state index in [0.29, 0.717) is 0 Å². The Morgan fingerprint density at radius 3 is 2.47 bits per heavy atom. The van der Waals surface area contributed by atoms with Crippen LogP contribution >= 0.6 is 11.6 Å². The van der Waals surface area contributed by atoms with Crippen molar-refractivity contribution in [1.82, 2.24) is 0 Å². The summed E-state index contributed by atoms with van der Waals surface area (Å²) in [7, 11) is 2.50. The van der Waals surface area contributed by atoms with Crippen LogP contribution in [0.3, 0.4) is 0 Å². The Hall–Kier alpha value is -2.06. The van der Waals surface area contributed by atoms with Gasteiger partial charge in [0, 0.05) is 6.07 Å². The van der Waals surface area contributed by atoms with Gasteiger partial charge >= 0.3 is 5.97 Å². The van der Waals surface area contributed by atoms with Gasteiger partial charge in [-0.1, -0.05) is 11.6 Å². The molecular weight excluding hydrogens is 280 g/mol. The number of aliphatic carboxylic acids is 1. The molecule has 0 amide bonds. The molecular formula is C10H11ClN2O6. The van der Waals surface area contributed by atoms with E-state index in [9.17, 15) is 14.9 Å². The van der Waals surface area contributed by atoms with Crippen LogP contribution in [-0.4, -0.2) is 30.2 Å². The van der Waals surface area contributed by atoms with Crippen molar-refractivity contribution in [2.45, 2.75) is 6.04 Å². The summed E-state index contributed by atoms with van der Waals surface area (Å²) in [5, 5.41) is 19.7. The molecule has 0 aliphatic rings. The minimum absolute atomic E-state index is 0.0600. The Balaban J connectivity index is 3.73. The Bertz CT molecular complexity index is 533. The second kappa shape index (κ2) is 5.72. The fourth-order valence-corrected chi connectivity index (χ4v) is 1.85. The van der Waals surface area contributed by atoms with E-state index in [2.05, 4.69) is 0 Å². The van der Waals surface area contributed by atoms with Gasteiger partial charge in [0.05, 0.1) is 19.1 Å². The van der Waals surface area contributed by atoms with Gasteiger partial charge in [-0.2, -0.15) is 0 Å². The highest BCUT2D eigenvalue weighted by atomic mass is 35.5. The van der Waals surface area contributed by atoms with Crippen LogP contribution in [-0.2, 0) is 4.79 Å². The number of methoxy groups -OCH3 is 2. The van der Waals surface area contributed by atoms with Crippen molar-refractivity contribution in [3.05, 3.63) is 26.8 Å². The fourth-order valence-electron chi connectivity index (χ4n) is 1.58.